The molecule has 0 radical (unpaired) electrons. The number of halogens is 1. The van der Waals surface area contributed by atoms with Crippen LogP contribution < -0.4 is 14.9 Å². The highest BCUT2D eigenvalue weighted by Crippen LogP contribution is 2.20. The van der Waals surface area contributed by atoms with Gasteiger partial charge in [-0.3, -0.25) is 13.9 Å². The van der Waals surface area contributed by atoms with Crippen LogP contribution in [-0.4, -0.2) is 33.0 Å². The second kappa shape index (κ2) is 8.63. The highest BCUT2D eigenvalue weighted by molar-refractivity contribution is 7.92. The molecule has 0 unspecified atom stereocenters. The Hall–Kier alpha value is -2.94. The zero-order chi connectivity index (χ0) is 20.0. The monoisotopic (exact) mass is 393 g/mol. The third kappa shape index (κ3) is 6.37. The number of nitrogens with zero attached hydrogens (tertiary/aromatic N) is 1. The first-order chi connectivity index (χ1) is 12.6. The summed E-state index contributed by atoms with van der Waals surface area (Å²) in [4.78, 5) is 23.2. The Balaban J connectivity index is 2.06. The van der Waals surface area contributed by atoms with Gasteiger partial charge in [0.25, 0.3) is 0 Å². The van der Waals surface area contributed by atoms with Crippen LogP contribution in [0.15, 0.2) is 48.5 Å². The Morgan fingerprint density at radius 3 is 2.15 bits per heavy atom. The van der Waals surface area contributed by atoms with Crippen LogP contribution in [0, 0.1) is 5.82 Å². The molecule has 7 nitrogen and oxygen atoms in total. The highest BCUT2D eigenvalue weighted by atomic mass is 32.2. The van der Waals surface area contributed by atoms with Crippen molar-refractivity contribution in [2.45, 2.75) is 13.5 Å². The fraction of sp³-hybridized carbons (Fsp3) is 0.222. The van der Waals surface area contributed by atoms with Crippen molar-refractivity contribution in [2.75, 3.05) is 22.4 Å². The minimum absolute atomic E-state index is 0.151. The van der Waals surface area contributed by atoms with Crippen molar-refractivity contribution in [3.63, 3.8) is 0 Å². The molecule has 0 aromatic heterocycles. The lowest BCUT2D eigenvalue weighted by Gasteiger charge is -2.22. The molecule has 9 heteroatoms. The number of benzene rings is 2. The van der Waals surface area contributed by atoms with E-state index in [-0.39, 0.29) is 18.3 Å². The molecule has 144 valence electrons. The molecule has 0 saturated heterocycles. The molecule has 0 bridgehead atoms. The number of hydrogen-bond acceptors (Lipinski definition) is 4. The lowest BCUT2D eigenvalue weighted by molar-refractivity contribution is -0.119. The zero-order valence-corrected chi connectivity index (χ0v) is 15.7. The summed E-state index contributed by atoms with van der Waals surface area (Å²) in [5.74, 6) is -1.13. The Kier molecular flexibility index (Phi) is 6.51. The van der Waals surface area contributed by atoms with Gasteiger partial charge >= 0.3 is 0 Å². The summed E-state index contributed by atoms with van der Waals surface area (Å²) in [5.41, 5.74) is 1.50. The molecule has 27 heavy (non-hydrogen) atoms. The first-order valence-corrected chi connectivity index (χ1v) is 9.86. The van der Waals surface area contributed by atoms with Gasteiger partial charge in [0.05, 0.1) is 11.9 Å². The van der Waals surface area contributed by atoms with Gasteiger partial charge in [-0.05, 0) is 42.0 Å². The topological polar surface area (TPSA) is 95.6 Å². The van der Waals surface area contributed by atoms with Gasteiger partial charge in [-0.1, -0.05) is 12.1 Å². The van der Waals surface area contributed by atoms with Crippen molar-refractivity contribution in [1.82, 2.24) is 5.32 Å². The summed E-state index contributed by atoms with van der Waals surface area (Å²) < 4.78 is 38.0. The number of amides is 2. The van der Waals surface area contributed by atoms with Gasteiger partial charge in [0.1, 0.15) is 12.4 Å². The smallest absolute Gasteiger partial charge is 0.241 e. The lowest BCUT2D eigenvalue weighted by Crippen LogP contribution is -2.40. The number of sulfonamides is 1. The first kappa shape index (κ1) is 20.4. The fourth-order valence-corrected chi connectivity index (χ4v) is 3.16. The maximum Gasteiger partial charge on any atom is 0.241 e. The van der Waals surface area contributed by atoms with Crippen molar-refractivity contribution < 1.29 is 22.4 Å². The van der Waals surface area contributed by atoms with Crippen molar-refractivity contribution in [1.29, 1.82) is 0 Å². The largest absolute Gasteiger partial charge is 0.350 e. The summed E-state index contributed by atoms with van der Waals surface area (Å²) in [7, 11) is -3.70. The van der Waals surface area contributed by atoms with Crippen LogP contribution in [0.2, 0.25) is 0 Å². The standard InChI is InChI=1S/C18H20FN3O4S/c1-13(23)21-16-7-9-17(10-8-16)22(27(2,25)26)12-18(24)20-11-14-3-5-15(19)6-4-14/h3-10H,11-12H2,1-2H3,(H,20,24)(H,21,23). The molecule has 2 aromatic rings. The molecule has 2 rings (SSSR count). The van der Waals surface area contributed by atoms with E-state index in [1.54, 1.807) is 12.1 Å². The van der Waals surface area contributed by atoms with E-state index >= 15 is 0 Å². The van der Waals surface area contributed by atoms with E-state index in [0.717, 1.165) is 10.6 Å². The predicted octanol–water partition coefficient (Wildman–Crippen LogP) is 1.87. The quantitative estimate of drug-likeness (QED) is 0.751. The number of anilines is 2. The number of nitrogens with one attached hydrogen (secondary N) is 2. The van der Waals surface area contributed by atoms with E-state index in [4.69, 9.17) is 0 Å². The van der Waals surface area contributed by atoms with E-state index in [0.29, 0.717) is 16.9 Å². The van der Waals surface area contributed by atoms with Crippen LogP contribution in [-0.2, 0) is 26.2 Å². The van der Waals surface area contributed by atoms with Gasteiger partial charge in [0.2, 0.25) is 21.8 Å². The highest BCUT2D eigenvalue weighted by Gasteiger charge is 2.20. The van der Waals surface area contributed by atoms with E-state index < -0.39 is 22.5 Å². The summed E-state index contributed by atoms with van der Waals surface area (Å²) in [5, 5.41) is 5.18. The summed E-state index contributed by atoms with van der Waals surface area (Å²) in [6.07, 6.45) is 1.00. The molecule has 0 saturated carbocycles. The zero-order valence-electron chi connectivity index (χ0n) is 14.9. The van der Waals surface area contributed by atoms with Crippen LogP contribution in [0.4, 0.5) is 15.8 Å². The average Bonchev–Trinajstić information content (AvgIpc) is 2.58. The molecule has 2 N–H and O–H groups in total. The SMILES string of the molecule is CC(=O)Nc1ccc(N(CC(=O)NCc2ccc(F)cc2)S(C)(=O)=O)cc1. The van der Waals surface area contributed by atoms with Gasteiger partial charge in [-0.25, -0.2) is 12.8 Å². The van der Waals surface area contributed by atoms with Crippen LogP contribution in [0.25, 0.3) is 0 Å². The summed E-state index contributed by atoms with van der Waals surface area (Å²) in [6, 6.07) is 11.7. The van der Waals surface area contributed by atoms with Gasteiger partial charge in [-0.2, -0.15) is 0 Å². The predicted molar refractivity (Wildman–Crippen MR) is 101 cm³/mol. The van der Waals surface area contributed by atoms with Crippen molar-refractivity contribution in [3.8, 4) is 0 Å². The number of carbonyl (C=O) groups excluding carboxylic acids is 2. The molecule has 2 amide bonds. The summed E-state index contributed by atoms with van der Waals surface area (Å²) in [6.45, 7) is 1.11. The third-order valence-electron chi connectivity index (χ3n) is 3.57. The Labute approximate surface area is 157 Å². The Morgan fingerprint density at radius 1 is 1.04 bits per heavy atom. The first-order valence-electron chi connectivity index (χ1n) is 8.01. The van der Waals surface area contributed by atoms with E-state index in [1.807, 2.05) is 0 Å². The molecule has 0 aliphatic rings. The summed E-state index contributed by atoms with van der Waals surface area (Å²) >= 11 is 0. The van der Waals surface area contributed by atoms with Crippen molar-refractivity contribution in [3.05, 3.63) is 59.9 Å². The van der Waals surface area contributed by atoms with Crippen LogP contribution >= 0.6 is 0 Å². The number of hydrogen-bond donors (Lipinski definition) is 2. The lowest BCUT2D eigenvalue weighted by atomic mass is 10.2. The molecule has 0 fully saturated rings. The van der Waals surface area contributed by atoms with Crippen molar-refractivity contribution >= 4 is 33.2 Å². The van der Waals surface area contributed by atoms with Gasteiger partial charge in [-0.15, -0.1) is 0 Å². The fourth-order valence-electron chi connectivity index (χ4n) is 2.30. The average molecular weight is 393 g/mol. The van der Waals surface area contributed by atoms with Crippen LogP contribution in [0.5, 0.6) is 0 Å². The van der Waals surface area contributed by atoms with E-state index in [2.05, 4.69) is 10.6 Å². The minimum atomic E-state index is -3.70. The molecule has 0 atom stereocenters. The van der Waals surface area contributed by atoms with Crippen LogP contribution in [0.3, 0.4) is 0 Å². The Morgan fingerprint density at radius 2 is 1.63 bits per heavy atom. The molecular weight excluding hydrogens is 373 g/mol. The maximum atomic E-state index is 12.9. The Bertz CT molecular complexity index is 913. The third-order valence-corrected chi connectivity index (χ3v) is 4.71. The van der Waals surface area contributed by atoms with Gasteiger partial charge in [0, 0.05) is 19.2 Å². The van der Waals surface area contributed by atoms with Gasteiger partial charge < -0.3 is 10.6 Å². The normalized spacial score (nSPS) is 10.9. The molecular formula is C18H20FN3O4S. The molecule has 0 heterocycles. The van der Waals surface area contributed by atoms with Crippen LogP contribution in [0.1, 0.15) is 12.5 Å². The molecule has 0 spiro atoms. The second-order valence-electron chi connectivity index (χ2n) is 5.90. The maximum absolute atomic E-state index is 12.9. The van der Waals surface area contributed by atoms with Gasteiger partial charge in [0.15, 0.2) is 0 Å². The number of rotatable bonds is 7. The minimum Gasteiger partial charge on any atom is -0.350 e. The number of carbonyl (C=O) groups is 2. The van der Waals surface area contributed by atoms with Crippen molar-refractivity contribution in [2.24, 2.45) is 0 Å². The van der Waals surface area contributed by atoms with E-state index in [9.17, 15) is 22.4 Å². The molecule has 2 aromatic carbocycles. The molecule has 0 aliphatic heterocycles. The molecule has 0 aliphatic carbocycles. The van der Waals surface area contributed by atoms with E-state index in [1.165, 1.54) is 43.3 Å². The second-order valence-corrected chi connectivity index (χ2v) is 7.81.